The first-order chi connectivity index (χ1) is 11.3. The number of nitrogens with zero attached hydrogens (tertiary/aromatic N) is 1. The molecular weight excluding hydrogens is 304 g/mol. The van der Waals surface area contributed by atoms with Crippen LogP contribution in [0.15, 0.2) is 54.6 Å². The maximum absolute atomic E-state index is 12.7. The average Bonchev–Trinajstić information content (AvgIpc) is 2.58. The molecule has 2 amide bonds. The predicted molar refractivity (Wildman–Crippen MR) is 91.7 cm³/mol. The number of rotatable bonds is 3. The van der Waals surface area contributed by atoms with Gasteiger partial charge in [-0.2, -0.15) is 0 Å². The molecule has 0 radical (unpaired) electrons. The van der Waals surface area contributed by atoms with Crippen LogP contribution in [0, 0.1) is 0 Å². The van der Waals surface area contributed by atoms with E-state index < -0.39 is 11.4 Å². The number of nitrogens with one attached hydrogen (secondary N) is 1. The second-order valence-electron chi connectivity index (χ2n) is 6.36. The number of carbonyl (C=O) groups excluding carboxylic acids is 3. The van der Waals surface area contributed by atoms with Gasteiger partial charge in [-0.15, -0.1) is 0 Å². The van der Waals surface area contributed by atoms with Gasteiger partial charge in [-0.25, -0.2) is 5.01 Å². The van der Waals surface area contributed by atoms with E-state index in [0.29, 0.717) is 23.0 Å². The summed E-state index contributed by atoms with van der Waals surface area (Å²) in [5, 5.41) is 1.30. The van der Waals surface area contributed by atoms with E-state index in [1.165, 1.54) is 11.1 Å². The van der Waals surface area contributed by atoms with Crippen LogP contribution in [-0.2, 0) is 0 Å². The standard InChI is InChI=1S/C19H20N2O3/c1-19(2,3)21(18(24)15-9-5-4-6-10-15)20-17(23)16-11-7-8-14(12-16)13-22/h4-13H,1-3H3,(H,20,23). The number of aldehydes is 1. The van der Waals surface area contributed by atoms with Crippen molar-refractivity contribution in [3.8, 4) is 0 Å². The lowest BCUT2D eigenvalue weighted by Gasteiger charge is -2.35. The van der Waals surface area contributed by atoms with Crippen molar-refractivity contribution < 1.29 is 14.4 Å². The predicted octanol–water partition coefficient (Wildman–Crippen LogP) is 3.08. The number of amides is 2. The Labute approximate surface area is 141 Å². The highest BCUT2D eigenvalue weighted by Crippen LogP contribution is 2.16. The van der Waals surface area contributed by atoms with E-state index >= 15 is 0 Å². The largest absolute Gasteiger partial charge is 0.298 e. The maximum Gasteiger partial charge on any atom is 0.272 e. The summed E-state index contributed by atoms with van der Waals surface area (Å²) in [6.45, 7) is 5.49. The lowest BCUT2D eigenvalue weighted by molar-refractivity contribution is 0.0358. The summed E-state index contributed by atoms with van der Waals surface area (Å²) in [7, 11) is 0. The molecule has 0 unspecified atom stereocenters. The number of hydrazine groups is 1. The Morgan fingerprint density at radius 2 is 1.58 bits per heavy atom. The summed E-state index contributed by atoms with van der Waals surface area (Å²) in [6, 6.07) is 15.1. The molecule has 0 atom stereocenters. The van der Waals surface area contributed by atoms with Crippen LogP contribution in [0.1, 0.15) is 51.8 Å². The Bertz CT molecular complexity index is 749. The second kappa shape index (κ2) is 7.08. The van der Waals surface area contributed by atoms with Crippen LogP contribution in [0.2, 0.25) is 0 Å². The Hall–Kier alpha value is -2.95. The molecule has 2 aromatic carbocycles. The summed E-state index contributed by atoms with van der Waals surface area (Å²) >= 11 is 0. The molecule has 2 rings (SSSR count). The summed E-state index contributed by atoms with van der Waals surface area (Å²) in [6.07, 6.45) is 0.674. The summed E-state index contributed by atoms with van der Waals surface area (Å²) in [5.74, 6) is -0.749. The smallest absolute Gasteiger partial charge is 0.272 e. The van der Waals surface area contributed by atoms with E-state index in [-0.39, 0.29) is 5.91 Å². The van der Waals surface area contributed by atoms with Gasteiger partial charge in [0.1, 0.15) is 6.29 Å². The fourth-order valence-electron chi connectivity index (χ4n) is 2.15. The SMILES string of the molecule is CC(C)(C)N(NC(=O)c1cccc(C=O)c1)C(=O)c1ccccc1. The lowest BCUT2D eigenvalue weighted by Crippen LogP contribution is -2.55. The second-order valence-corrected chi connectivity index (χ2v) is 6.36. The molecule has 0 bridgehead atoms. The van der Waals surface area contributed by atoms with E-state index in [2.05, 4.69) is 5.43 Å². The fraction of sp³-hybridized carbons (Fsp3) is 0.211. The van der Waals surface area contributed by atoms with Gasteiger partial charge >= 0.3 is 0 Å². The van der Waals surface area contributed by atoms with Crippen LogP contribution in [-0.4, -0.2) is 28.6 Å². The normalized spacial score (nSPS) is 10.8. The first-order valence-electron chi connectivity index (χ1n) is 7.59. The molecule has 5 heteroatoms. The highest BCUT2D eigenvalue weighted by molar-refractivity contribution is 6.00. The van der Waals surface area contributed by atoms with Crippen molar-refractivity contribution in [3.63, 3.8) is 0 Å². The first-order valence-corrected chi connectivity index (χ1v) is 7.59. The third-order valence-electron chi connectivity index (χ3n) is 3.39. The van der Waals surface area contributed by atoms with Gasteiger partial charge in [0.05, 0.1) is 5.54 Å². The minimum atomic E-state index is -0.620. The summed E-state index contributed by atoms with van der Waals surface area (Å²) in [4.78, 5) is 36.1. The third kappa shape index (κ3) is 4.07. The zero-order valence-electron chi connectivity index (χ0n) is 13.9. The highest BCUT2D eigenvalue weighted by atomic mass is 16.2. The van der Waals surface area contributed by atoms with E-state index in [4.69, 9.17) is 0 Å². The zero-order valence-corrected chi connectivity index (χ0v) is 13.9. The van der Waals surface area contributed by atoms with Crippen LogP contribution < -0.4 is 5.43 Å². The quantitative estimate of drug-likeness (QED) is 0.697. The molecule has 24 heavy (non-hydrogen) atoms. The van der Waals surface area contributed by atoms with E-state index in [1.54, 1.807) is 42.5 Å². The summed E-state index contributed by atoms with van der Waals surface area (Å²) < 4.78 is 0. The number of carbonyl (C=O) groups is 3. The van der Waals surface area contributed by atoms with Gasteiger partial charge in [0.15, 0.2) is 0 Å². The van der Waals surface area contributed by atoms with Crippen molar-refractivity contribution in [1.29, 1.82) is 0 Å². The van der Waals surface area contributed by atoms with Gasteiger partial charge in [-0.3, -0.25) is 19.8 Å². The van der Waals surface area contributed by atoms with E-state index in [1.807, 2.05) is 26.8 Å². The molecule has 0 fully saturated rings. The molecule has 1 N–H and O–H groups in total. The average molecular weight is 324 g/mol. The van der Waals surface area contributed by atoms with Crippen molar-refractivity contribution in [3.05, 3.63) is 71.3 Å². The number of benzene rings is 2. The molecular formula is C19H20N2O3. The topological polar surface area (TPSA) is 66.5 Å². The minimum absolute atomic E-state index is 0.303. The molecule has 0 spiro atoms. The molecule has 0 aliphatic rings. The van der Waals surface area contributed by atoms with E-state index in [9.17, 15) is 14.4 Å². The van der Waals surface area contributed by atoms with Crippen LogP contribution in [0.3, 0.4) is 0 Å². The molecule has 5 nitrogen and oxygen atoms in total. The first kappa shape index (κ1) is 17.4. The molecule has 0 heterocycles. The van der Waals surface area contributed by atoms with Gasteiger partial charge in [-0.05, 0) is 45.0 Å². The molecule has 0 aromatic heterocycles. The van der Waals surface area contributed by atoms with Crippen molar-refractivity contribution in [2.75, 3.05) is 0 Å². The molecule has 0 saturated heterocycles. The van der Waals surface area contributed by atoms with Crippen molar-refractivity contribution in [2.45, 2.75) is 26.3 Å². The van der Waals surface area contributed by atoms with Crippen LogP contribution in [0.25, 0.3) is 0 Å². The van der Waals surface area contributed by atoms with Crippen molar-refractivity contribution >= 4 is 18.1 Å². The number of hydrogen-bond acceptors (Lipinski definition) is 3. The van der Waals surface area contributed by atoms with Crippen LogP contribution in [0.4, 0.5) is 0 Å². The van der Waals surface area contributed by atoms with Crippen LogP contribution >= 0.6 is 0 Å². The number of hydrogen-bond donors (Lipinski definition) is 1. The van der Waals surface area contributed by atoms with Gasteiger partial charge in [0, 0.05) is 16.7 Å². The van der Waals surface area contributed by atoms with Gasteiger partial charge in [0.25, 0.3) is 11.8 Å². The Balaban J connectivity index is 2.28. The Morgan fingerprint density at radius 3 is 2.17 bits per heavy atom. The van der Waals surface area contributed by atoms with E-state index in [0.717, 1.165) is 0 Å². The molecule has 0 saturated carbocycles. The van der Waals surface area contributed by atoms with Crippen molar-refractivity contribution in [1.82, 2.24) is 10.4 Å². The summed E-state index contributed by atoms with van der Waals surface area (Å²) in [5.41, 5.74) is 3.23. The van der Waals surface area contributed by atoms with Gasteiger partial charge < -0.3 is 0 Å². The van der Waals surface area contributed by atoms with Gasteiger partial charge in [-0.1, -0.05) is 30.3 Å². The van der Waals surface area contributed by atoms with Gasteiger partial charge in [0.2, 0.25) is 0 Å². The highest BCUT2D eigenvalue weighted by Gasteiger charge is 2.29. The monoisotopic (exact) mass is 324 g/mol. The van der Waals surface area contributed by atoms with Crippen molar-refractivity contribution in [2.24, 2.45) is 0 Å². The zero-order chi connectivity index (χ0) is 17.7. The fourth-order valence-corrected chi connectivity index (χ4v) is 2.15. The minimum Gasteiger partial charge on any atom is -0.298 e. The van der Waals surface area contributed by atoms with Crippen LogP contribution in [0.5, 0.6) is 0 Å². The molecule has 124 valence electrons. The molecule has 2 aromatic rings. The lowest BCUT2D eigenvalue weighted by atomic mass is 10.1. The maximum atomic E-state index is 12.7. The Kier molecular flexibility index (Phi) is 5.14. The molecule has 0 aliphatic heterocycles. The third-order valence-corrected chi connectivity index (χ3v) is 3.39. The Morgan fingerprint density at radius 1 is 0.958 bits per heavy atom. The molecule has 0 aliphatic carbocycles.